The van der Waals surface area contributed by atoms with Gasteiger partial charge in [-0.25, -0.2) is 4.79 Å². The number of carbonyl (C=O) groups is 3. The van der Waals surface area contributed by atoms with Gasteiger partial charge in [0, 0.05) is 29.3 Å². The fourth-order valence-corrected chi connectivity index (χ4v) is 3.23. The van der Waals surface area contributed by atoms with Crippen LogP contribution in [-0.2, 0) is 4.79 Å². The quantitative estimate of drug-likeness (QED) is 0.585. The summed E-state index contributed by atoms with van der Waals surface area (Å²) >= 11 is 0. The second kappa shape index (κ2) is 8.88. The van der Waals surface area contributed by atoms with Gasteiger partial charge in [0.2, 0.25) is 0 Å². The van der Waals surface area contributed by atoms with Gasteiger partial charge in [-0.3, -0.25) is 9.59 Å². The van der Waals surface area contributed by atoms with Crippen molar-refractivity contribution in [1.29, 1.82) is 0 Å². The molecule has 1 aromatic rings. The molecule has 1 aliphatic rings. The minimum Gasteiger partial charge on any atom is -0.481 e. The maximum atomic E-state index is 12.3. The lowest BCUT2D eigenvalue weighted by molar-refractivity contribution is -0.137. The van der Waals surface area contributed by atoms with Gasteiger partial charge >= 0.3 is 12.0 Å². The van der Waals surface area contributed by atoms with Crippen LogP contribution in [0.15, 0.2) is 18.2 Å². The van der Waals surface area contributed by atoms with Gasteiger partial charge in [-0.1, -0.05) is 12.8 Å². The molecule has 0 saturated heterocycles. The Kier molecular flexibility index (Phi) is 6.82. The molecule has 0 bridgehead atoms. The molecule has 7 heteroatoms. The summed E-state index contributed by atoms with van der Waals surface area (Å²) in [6, 6.07) is 5.02. The van der Waals surface area contributed by atoms with E-state index in [9.17, 15) is 14.4 Å². The summed E-state index contributed by atoms with van der Waals surface area (Å²) in [6.07, 6.45) is 4.69. The highest BCUT2D eigenvalue weighted by Gasteiger charge is 2.22. The number of carbonyl (C=O) groups excluding carboxylic acids is 2. The number of benzene rings is 1. The molecule has 1 aromatic carbocycles. The average molecular weight is 375 g/mol. The van der Waals surface area contributed by atoms with E-state index in [-0.39, 0.29) is 18.4 Å². The Labute approximate surface area is 159 Å². The monoisotopic (exact) mass is 375 g/mol. The smallest absolute Gasteiger partial charge is 0.319 e. The largest absolute Gasteiger partial charge is 0.481 e. The van der Waals surface area contributed by atoms with Crippen molar-refractivity contribution in [3.8, 4) is 0 Å². The molecule has 0 unspecified atom stereocenters. The Hall–Kier alpha value is -2.57. The number of aliphatic carboxylic acids is 1. The number of hydrogen-bond donors (Lipinski definition) is 4. The van der Waals surface area contributed by atoms with E-state index in [2.05, 4.69) is 16.0 Å². The van der Waals surface area contributed by atoms with Gasteiger partial charge in [0.05, 0.1) is 0 Å². The molecule has 0 heterocycles. The molecule has 4 N–H and O–H groups in total. The highest BCUT2D eigenvalue weighted by atomic mass is 16.4. The molecule has 148 valence electrons. The Bertz CT molecular complexity index is 709. The number of carboxylic acid groups (broad SMARTS) is 1. The average Bonchev–Trinajstić information content (AvgIpc) is 3.07. The summed E-state index contributed by atoms with van der Waals surface area (Å²) in [5.41, 5.74) is 1.33. The standard InChI is InChI=1S/C20H29N3O4/c1-13-12-14(18(26)21-15-6-4-5-7-15)8-9-16(13)22-19(27)23-20(2,3)11-10-17(24)25/h8-9,12,15H,4-7,10-11H2,1-3H3,(H,21,26)(H,24,25)(H2,22,23,27). The predicted molar refractivity (Wildman–Crippen MR) is 104 cm³/mol. The van der Waals surface area contributed by atoms with E-state index in [1.807, 2.05) is 6.92 Å². The van der Waals surface area contributed by atoms with Crippen molar-refractivity contribution in [1.82, 2.24) is 10.6 Å². The Balaban J connectivity index is 1.93. The third-order valence-electron chi connectivity index (χ3n) is 4.84. The molecular formula is C20H29N3O4. The van der Waals surface area contributed by atoms with Crippen molar-refractivity contribution in [2.45, 2.75) is 70.9 Å². The van der Waals surface area contributed by atoms with Crippen molar-refractivity contribution in [3.05, 3.63) is 29.3 Å². The molecule has 1 aliphatic carbocycles. The highest BCUT2D eigenvalue weighted by Crippen LogP contribution is 2.20. The van der Waals surface area contributed by atoms with E-state index in [0.29, 0.717) is 17.7 Å². The lowest BCUT2D eigenvalue weighted by atomic mass is 9.99. The molecule has 3 amide bonds. The number of anilines is 1. The van der Waals surface area contributed by atoms with Crippen LogP contribution in [0.2, 0.25) is 0 Å². The van der Waals surface area contributed by atoms with E-state index in [1.54, 1.807) is 32.0 Å². The number of amides is 3. The fourth-order valence-electron chi connectivity index (χ4n) is 3.23. The van der Waals surface area contributed by atoms with Crippen molar-refractivity contribution in [2.75, 3.05) is 5.32 Å². The molecule has 0 radical (unpaired) electrons. The lowest BCUT2D eigenvalue weighted by Crippen LogP contribution is -2.45. The van der Waals surface area contributed by atoms with Gasteiger partial charge in [-0.2, -0.15) is 0 Å². The molecule has 27 heavy (non-hydrogen) atoms. The summed E-state index contributed by atoms with van der Waals surface area (Å²) < 4.78 is 0. The molecule has 0 aromatic heterocycles. The molecule has 0 aliphatic heterocycles. The van der Waals surface area contributed by atoms with Gasteiger partial charge in [-0.05, 0) is 63.8 Å². The number of carboxylic acids is 1. The second-order valence-corrected chi connectivity index (χ2v) is 7.84. The van der Waals surface area contributed by atoms with Crippen LogP contribution in [0, 0.1) is 6.92 Å². The van der Waals surface area contributed by atoms with Gasteiger partial charge in [0.15, 0.2) is 0 Å². The van der Waals surface area contributed by atoms with Crippen molar-refractivity contribution >= 4 is 23.6 Å². The van der Waals surface area contributed by atoms with E-state index in [1.165, 1.54) is 0 Å². The van der Waals surface area contributed by atoms with E-state index in [4.69, 9.17) is 5.11 Å². The minimum absolute atomic E-state index is 0.0168. The normalized spacial score (nSPS) is 14.6. The summed E-state index contributed by atoms with van der Waals surface area (Å²) in [5.74, 6) is -0.983. The van der Waals surface area contributed by atoms with Crippen LogP contribution >= 0.6 is 0 Å². The van der Waals surface area contributed by atoms with Gasteiger partial charge < -0.3 is 21.1 Å². The first-order chi connectivity index (χ1) is 12.7. The predicted octanol–water partition coefficient (Wildman–Crippen LogP) is 3.43. The maximum absolute atomic E-state index is 12.3. The second-order valence-electron chi connectivity index (χ2n) is 7.84. The first-order valence-corrected chi connectivity index (χ1v) is 9.39. The topological polar surface area (TPSA) is 108 Å². The Morgan fingerprint density at radius 2 is 1.85 bits per heavy atom. The summed E-state index contributed by atoms with van der Waals surface area (Å²) in [5, 5.41) is 17.4. The van der Waals surface area contributed by atoms with Gasteiger partial charge in [-0.15, -0.1) is 0 Å². The third-order valence-corrected chi connectivity index (χ3v) is 4.84. The minimum atomic E-state index is -0.896. The lowest BCUT2D eigenvalue weighted by Gasteiger charge is -2.26. The van der Waals surface area contributed by atoms with Crippen LogP contribution in [0.4, 0.5) is 10.5 Å². The fraction of sp³-hybridized carbons (Fsp3) is 0.550. The number of hydrogen-bond acceptors (Lipinski definition) is 3. The zero-order valence-electron chi connectivity index (χ0n) is 16.2. The molecular weight excluding hydrogens is 346 g/mol. The SMILES string of the molecule is Cc1cc(C(=O)NC2CCCC2)ccc1NC(=O)NC(C)(C)CCC(=O)O. The number of rotatable bonds is 7. The van der Waals surface area contributed by atoms with Crippen LogP contribution < -0.4 is 16.0 Å². The number of urea groups is 1. The van der Waals surface area contributed by atoms with E-state index in [0.717, 1.165) is 31.2 Å². The summed E-state index contributed by atoms with van der Waals surface area (Å²) in [7, 11) is 0. The summed E-state index contributed by atoms with van der Waals surface area (Å²) in [4.78, 5) is 35.3. The number of nitrogens with one attached hydrogen (secondary N) is 3. The van der Waals surface area contributed by atoms with Crippen LogP contribution in [0.1, 0.15) is 68.3 Å². The maximum Gasteiger partial charge on any atom is 0.319 e. The van der Waals surface area contributed by atoms with E-state index < -0.39 is 17.5 Å². The van der Waals surface area contributed by atoms with Crippen molar-refractivity contribution in [2.24, 2.45) is 0 Å². The van der Waals surface area contributed by atoms with Crippen LogP contribution in [-0.4, -0.2) is 34.6 Å². The molecule has 7 nitrogen and oxygen atoms in total. The molecule has 1 fully saturated rings. The van der Waals surface area contributed by atoms with Gasteiger partial charge in [0.25, 0.3) is 5.91 Å². The van der Waals surface area contributed by atoms with Crippen molar-refractivity contribution in [3.63, 3.8) is 0 Å². The number of aryl methyl sites for hydroxylation is 1. The third kappa shape index (κ3) is 6.58. The van der Waals surface area contributed by atoms with Gasteiger partial charge in [0.1, 0.15) is 0 Å². The van der Waals surface area contributed by atoms with Crippen molar-refractivity contribution < 1.29 is 19.5 Å². The highest BCUT2D eigenvalue weighted by molar-refractivity contribution is 5.96. The van der Waals surface area contributed by atoms with Crippen LogP contribution in [0.3, 0.4) is 0 Å². The zero-order chi connectivity index (χ0) is 20.0. The molecule has 0 atom stereocenters. The Morgan fingerprint density at radius 3 is 2.44 bits per heavy atom. The first-order valence-electron chi connectivity index (χ1n) is 9.39. The summed E-state index contributed by atoms with van der Waals surface area (Å²) in [6.45, 7) is 5.38. The van der Waals surface area contributed by atoms with Crippen LogP contribution in [0.5, 0.6) is 0 Å². The molecule has 1 saturated carbocycles. The Morgan fingerprint density at radius 1 is 1.19 bits per heavy atom. The molecule has 2 rings (SSSR count). The zero-order valence-corrected chi connectivity index (χ0v) is 16.2. The van der Waals surface area contributed by atoms with E-state index >= 15 is 0 Å². The first kappa shape index (κ1) is 20.7. The van der Waals surface area contributed by atoms with Crippen LogP contribution in [0.25, 0.3) is 0 Å². The molecule has 0 spiro atoms.